The van der Waals surface area contributed by atoms with Crippen LogP contribution in [0.15, 0.2) is 29.2 Å². The smallest absolute Gasteiger partial charge is 0.335 e. The van der Waals surface area contributed by atoms with Crippen molar-refractivity contribution in [2.24, 2.45) is 5.73 Å². The number of nitrogens with two attached hydrogens (primary N) is 1. The quantitative estimate of drug-likeness (QED) is 0.870. The number of urea groups is 1. The number of halogens is 1. The van der Waals surface area contributed by atoms with E-state index < -0.39 is 22.0 Å². The molecule has 92 valence electrons. The molecule has 0 saturated carbocycles. The first-order chi connectivity index (χ1) is 7.76. The molecule has 1 aromatic rings. The third-order valence-corrected chi connectivity index (χ3v) is 3.88. The van der Waals surface area contributed by atoms with E-state index in [0.717, 1.165) is 6.92 Å². The number of benzene rings is 1. The zero-order valence-electron chi connectivity index (χ0n) is 8.75. The van der Waals surface area contributed by atoms with Crippen molar-refractivity contribution in [1.29, 1.82) is 0 Å². The van der Waals surface area contributed by atoms with E-state index in [1.165, 1.54) is 24.3 Å². The van der Waals surface area contributed by atoms with E-state index in [9.17, 15) is 18.0 Å². The number of amides is 3. The summed E-state index contributed by atoms with van der Waals surface area (Å²) >= 11 is 5.60. The van der Waals surface area contributed by atoms with Crippen LogP contribution in [0.5, 0.6) is 0 Å². The van der Waals surface area contributed by atoms with Gasteiger partial charge in [-0.25, -0.2) is 13.2 Å². The maximum Gasteiger partial charge on any atom is 0.335 e. The summed E-state index contributed by atoms with van der Waals surface area (Å²) in [6, 6.07) is 3.65. The largest absolute Gasteiger partial charge is 0.350 e. The molecule has 0 radical (unpaired) electrons. The van der Waals surface area contributed by atoms with Gasteiger partial charge in [-0.05, 0) is 24.3 Å². The van der Waals surface area contributed by atoms with Crippen molar-refractivity contribution in [3.8, 4) is 0 Å². The van der Waals surface area contributed by atoms with Gasteiger partial charge in [0.15, 0.2) is 0 Å². The molecule has 0 bridgehead atoms. The minimum absolute atomic E-state index is 0.00373. The molecule has 8 heteroatoms. The van der Waals surface area contributed by atoms with Gasteiger partial charge in [0.25, 0.3) is 10.0 Å². The lowest BCUT2D eigenvalue weighted by Gasteiger charge is -2.16. The Morgan fingerprint density at radius 3 is 2.06 bits per heavy atom. The van der Waals surface area contributed by atoms with Crippen molar-refractivity contribution in [3.05, 3.63) is 29.3 Å². The van der Waals surface area contributed by atoms with Crippen molar-refractivity contribution >= 4 is 33.6 Å². The van der Waals surface area contributed by atoms with Crippen molar-refractivity contribution in [1.82, 2.24) is 4.31 Å². The highest BCUT2D eigenvalue weighted by Crippen LogP contribution is 2.18. The first kappa shape index (κ1) is 13.5. The molecule has 3 amide bonds. The summed E-state index contributed by atoms with van der Waals surface area (Å²) in [7, 11) is -4.27. The maximum absolute atomic E-state index is 11.9. The van der Waals surface area contributed by atoms with Crippen LogP contribution < -0.4 is 5.73 Å². The second kappa shape index (κ2) is 4.72. The van der Waals surface area contributed by atoms with Crippen LogP contribution in [-0.4, -0.2) is 24.7 Å². The number of nitrogens with zero attached hydrogens (tertiary/aromatic N) is 1. The molecule has 6 nitrogen and oxygen atoms in total. The van der Waals surface area contributed by atoms with Crippen LogP contribution in [0.2, 0.25) is 5.02 Å². The number of primary amides is 1. The zero-order chi connectivity index (χ0) is 13.2. The highest BCUT2D eigenvalue weighted by atomic mass is 35.5. The number of imide groups is 1. The number of rotatable bonds is 2. The van der Waals surface area contributed by atoms with Crippen molar-refractivity contribution in [3.63, 3.8) is 0 Å². The van der Waals surface area contributed by atoms with Crippen molar-refractivity contribution in [2.75, 3.05) is 0 Å². The fraction of sp³-hybridized carbons (Fsp3) is 0.111. The van der Waals surface area contributed by atoms with Gasteiger partial charge in [0, 0.05) is 11.9 Å². The lowest BCUT2D eigenvalue weighted by atomic mass is 10.4. The Hall–Kier alpha value is -1.60. The van der Waals surface area contributed by atoms with Gasteiger partial charge in [0.2, 0.25) is 5.91 Å². The summed E-state index contributed by atoms with van der Waals surface area (Å²) in [5, 5.41) is 0.331. The summed E-state index contributed by atoms with van der Waals surface area (Å²) in [4.78, 5) is 21.8. The average Bonchev–Trinajstić information content (AvgIpc) is 2.16. The number of sulfonamides is 1. The topological polar surface area (TPSA) is 97.5 Å². The second-order valence-corrected chi connectivity index (χ2v) is 5.30. The molecule has 0 saturated heterocycles. The fourth-order valence-electron chi connectivity index (χ4n) is 1.15. The van der Waals surface area contributed by atoms with Gasteiger partial charge >= 0.3 is 6.03 Å². The van der Waals surface area contributed by atoms with Crippen LogP contribution in [-0.2, 0) is 14.8 Å². The highest BCUT2D eigenvalue weighted by Gasteiger charge is 2.31. The monoisotopic (exact) mass is 276 g/mol. The van der Waals surface area contributed by atoms with Gasteiger partial charge in [0.1, 0.15) is 0 Å². The number of hydrogen-bond acceptors (Lipinski definition) is 4. The molecule has 0 aliphatic heterocycles. The van der Waals surface area contributed by atoms with Gasteiger partial charge < -0.3 is 5.73 Å². The van der Waals surface area contributed by atoms with Gasteiger partial charge in [-0.1, -0.05) is 11.6 Å². The second-order valence-electron chi connectivity index (χ2n) is 3.08. The first-order valence-electron chi connectivity index (χ1n) is 4.37. The van der Waals surface area contributed by atoms with E-state index >= 15 is 0 Å². The Balaban J connectivity index is 3.31. The summed E-state index contributed by atoms with van der Waals surface area (Å²) in [6.07, 6.45) is 0. The summed E-state index contributed by atoms with van der Waals surface area (Å²) in [6.45, 7) is 0.929. The Morgan fingerprint density at radius 2 is 1.71 bits per heavy atom. The standard InChI is InChI=1S/C9H9ClN2O4S/c1-6(13)12(9(11)14)17(15,16)8-4-2-7(10)3-5-8/h2-5H,1H3,(H2,11,14). The number of carbonyl (C=O) groups excluding carboxylic acids is 2. The lowest BCUT2D eigenvalue weighted by molar-refractivity contribution is -0.122. The predicted octanol–water partition coefficient (Wildman–Crippen LogP) is 0.956. The summed E-state index contributed by atoms with van der Waals surface area (Å²) < 4.78 is 23.8. The molecule has 1 rings (SSSR count). The Kier molecular flexibility index (Phi) is 3.74. The molecule has 0 spiro atoms. The van der Waals surface area contributed by atoms with Gasteiger partial charge in [0.05, 0.1) is 4.90 Å². The van der Waals surface area contributed by atoms with Crippen LogP contribution in [0, 0.1) is 0 Å². The van der Waals surface area contributed by atoms with E-state index in [4.69, 9.17) is 17.3 Å². The van der Waals surface area contributed by atoms with E-state index in [2.05, 4.69) is 0 Å². The highest BCUT2D eigenvalue weighted by molar-refractivity contribution is 7.90. The summed E-state index contributed by atoms with van der Waals surface area (Å²) in [5.41, 5.74) is 4.85. The average molecular weight is 277 g/mol. The van der Waals surface area contributed by atoms with Crippen LogP contribution in [0.3, 0.4) is 0 Å². The molecule has 0 fully saturated rings. The third kappa shape index (κ3) is 2.75. The molecule has 1 aromatic carbocycles. The van der Waals surface area contributed by atoms with Crippen molar-refractivity contribution < 1.29 is 18.0 Å². The van der Waals surface area contributed by atoms with Crippen molar-refractivity contribution in [2.45, 2.75) is 11.8 Å². The fourth-order valence-corrected chi connectivity index (χ4v) is 2.55. The molecule has 0 aliphatic rings. The third-order valence-electron chi connectivity index (χ3n) is 1.84. The molecule has 17 heavy (non-hydrogen) atoms. The number of carbonyl (C=O) groups is 2. The molecule has 2 N–H and O–H groups in total. The Bertz CT molecular complexity index is 539. The van der Waals surface area contributed by atoms with E-state index in [1.807, 2.05) is 0 Å². The molecule has 0 aliphatic carbocycles. The molecule has 0 unspecified atom stereocenters. The van der Waals surface area contributed by atoms with E-state index in [1.54, 1.807) is 0 Å². The van der Waals surface area contributed by atoms with Crippen LogP contribution in [0.1, 0.15) is 6.92 Å². The molecular formula is C9H9ClN2O4S. The minimum Gasteiger partial charge on any atom is -0.350 e. The van der Waals surface area contributed by atoms with Crippen LogP contribution in [0.4, 0.5) is 4.79 Å². The minimum atomic E-state index is -4.27. The van der Waals surface area contributed by atoms with Gasteiger partial charge in [-0.3, -0.25) is 4.79 Å². The molecule has 0 atom stereocenters. The van der Waals surface area contributed by atoms with Gasteiger partial charge in [-0.15, -0.1) is 0 Å². The number of hydrogen-bond donors (Lipinski definition) is 1. The van der Waals surface area contributed by atoms with Crippen LogP contribution in [0.25, 0.3) is 0 Å². The van der Waals surface area contributed by atoms with E-state index in [-0.39, 0.29) is 9.20 Å². The van der Waals surface area contributed by atoms with Gasteiger partial charge in [-0.2, -0.15) is 4.31 Å². The summed E-state index contributed by atoms with van der Waals surface area (Å²) in [5.74, 6) is -0.979. The maximum atomic E-state index is 11.9. The molecule has 0 heterocycles. The normalized spacial score (nSPS) is 10.9. The predicted molar refractivity (Wildman–Crippen MR) is 60.7 cm³/mol. The Labute approximate surface area is 103 Å². The Morgan fingerprint density at radius 1 is 1.24 bits per heavy atom. The first-order valence-corrected chi connectivity index (χ1v) is 6.19. The zero-order valence-corrected chi connectivity index (χ0v) is 10.3. The van der Waals surface area contributed by atoms with E-state index in [0.29, 0.717) is 5.02 Å². The van der Waals surface area contributed by atoms with Crippen LogP contribution >= 0.6 is 11.6 Å². The molecular weight excluding hydrogens is 268 g/mol. The lowest BCUT2D eigenvalue weighted by Crippen LogP contribution is -2.43. The SMILES string of the molecule is CC(=O)N(C(N)=O)S(=O)(=O)c1ccc(Cl)cc1. The molecule has 0 aromatic heterocycles.